The first-order valence-corrected chi connectivity index (χ1v) is 14.1. The van der Waals surface area contributed by atoms with Crippen LogP contribution in [0.4, 0.5) is 0 Å². The SMILES string of the molecule is CCCCCCCCCCc1ccccc1OC(C)COC(=O)C(CC)[N+](C)(C)Cc1ccccc1. The maximum absolute atomic E-state index is 13.0. The van der Waals surface area contributed by atoms with Crippen LogP contribution in [0.3, 0.4) is 0 Å². The second kappa shape index (κ2) is 16.4. The average molecular weight is 497 g/mol. The van der Waals surface area contributed by atoms with Gasteiger partial charge in [0.1, 0.15) is 25.0 Å². The van der Waals surface area contributed by atoms with Crippen molar-refractivity contribution >= 4 is 5.97 Å². The summed E-state index contributed by atoms with van der Waals surface area (Å²) in [4.78, 5) is 13.0. The van der Waals surface area contributed by atoms with Crippen molar-refractivity contribution in [2.75, 3.05) is 20.7 Å². The van der Waals surface area contributed by atoms with E-state index < -0.39 is 0 Å². The molecule has 4 heteroatoms. The molecular formula is C32H50NO3+. The second-order valence-corrected chi connectivity index (χ2v) is 10.7. The molecule has 0 amide bonds. The molecule has 0 fully saturated rings. The van der Waals surface area contributed by atoms with E-state index in [1.165, 1.54) is 62.5 Å². The lowest BCUT2D eigenvalue weighted by molar-refractivity contribution is -0.919. The van der Waals surface area contributed by atoms with E-state index in [4.69, 9.17) is 9.47 Å². The molecule has 2 aromatic rings. The number of likely N-dealkylation sites (N-methyl/N-ethyl adjacent to an activating group) is 1. The molecule has 36 heavy (non-hydrogen) atoms. The summed E-state index contributed by atoms with van der Waals surface area (Å²) in [6, 6.07) is 18.4. The highest BCUT2D eigenvalue weighted by Gasteiger charge is 2.35. The molecule has 0 aliphatic rings. The number of quaternary nitrogens is 1. The van der Waals surface area contributed by atoms with Gasteiger partial charge in [0.15, 0.2) is 6.04 Å². The number of hydrogen-bond donors (Lipinski definition) is 0. The van der Waals surface area contributed by atoms with Gasteiger partial charge in [-0.25, -0.2) is 4.79 Å². The molecule has 0 aromatic heterocycles. The fourth-order valence-electron chi connectivity index (χ4n) is 4.93. The van der Waals surface area contributed by atoms with E-state index in [-0.39, 0.29) is 24.7 Å². The maximum Gasteiger partial charge on any atom is 0.365 e. The Hall–Kier alpha value is -2.33. The Morgan fingerprint density at radius 2 is 1.44 bits per heavy atom. The summed E-state index contributed by atoms with van der Waals surface area (Å²) in [6.07, 6.45) is 12.1. The summed E-state index contributed by atoms with van der Waals surface area (Å²) >= 11 is 0. The van der Waals surface area contributed by atoms with Gasteiger partial charge in [0.2, 0.25) is 0 Å². The molecule has 2 aromatic carbocycles. The smallest absolute Gasteiger partial charge is 0.365 e. The molecule has 0 saturated carbocycles. The molecule has 0 aliphatic heterocycles. The number of aryl methyl sites for hydroxylation is 1. The highest BCUT2D eigenvalue weighted by Crippen LogP contribution is 2.23. The molecule has 4 nitrogen and oxygen atoms in total. The van der Waals surface area contributed by atoms with Crippen LogP contribution in [0.25, 0.3) is 0 Å². The first kappa shape index (κ1) is 29.9. The summed E-state index contributed by atoms with van der Waals surface area (Å²) in [6.45, 7) is 7.34. The topological polar surface area (TPSA) is 35.5 Å². The maximum atomic E-state index is 13.0. The van der Waals surface area contributed by atoms with Gasteiger partial charge in [-0.15, -0.1) is 0 Å². The van der Waals surface area contributed by atoms with Crippen LogP contribution in [0.15, 0.2) is 54.6 Å². The van der Waals surface area contributed by atoms with Gasteiger partial charge in [-0.2, -0.15) is 0 Å². The van der Waals surface area contributed by atoms with Gasteiger partial charge in [0, 0.05) is 12.0 Å². The third-order valence-electron chi connectivity index (χ3n) is 7.00. The molecule has 0 saturated heterocycles. The van der Waals surface area contributed by atoms with Crippen LogP contribution in [0, 0.1) is 0 Å². The van der Waals surface area contributed by atoms with Gasteiger partial charge in [-0.05, 0) is 31.4 Å². The van der Waals surface area contributed by atoms with Crippen LogP contribution in [-0.2, 0) is 22.5 Å². The summed E-state index contributed by atoms with van der Waals surface area (Å²) in [5.74, 6) is 0.761. The number of unbranched alkanes of at least 4 members (excludes halogenated alkanes) is 7. The Morgan fingerprint density at radius 3 is 2.11 bits per heavy atom. The Morgan fingerprint density at radius 1 is 0.833 bits per heavy atom. The number of nitrogens with zero attached hydrogens (tertiary/aromatic N) is 1. The number of esters is 1. The normalized spacial score (nSPS) is 13.2. The minimum absolute atomic E-state index is 0.152. The van der Waals surface area contributed by atoms with Crippen LogP contribution in [0.2, 0.25) is 0 Å². The molecule has 2 atom stereocenters. The van der Waals surface area contributed by atoms with E-state index in [1.54, 1.807) is 0 Å². The quantitative estimate of drug-likeness (QED) is 0.120. The van der Waals surface area contributed by atoms with Gasteiger partial charge in [0.05, 0.1) is 14.1 Å². The Balaban J connectivity index is 1.80. The third-order valence-corrected chi connectivity index (χ3v) is 7.00. The second-order valence-electron chi connectivity index (χ2n) is 10.7. The van der Waals surface area contributed by atoms with Crippen molar-refractivity contribution in [1.29, 1.82) is 0 Å². The summed E-state index contributed by atoms with van der Waals surface area (Å²) < 4.78 is 12.6. The highest BCUT2D eigenvalue weighted by atomic mass is 16.6. The van der Waals surface area contributed by atoms with Crippen molar-refractivity contribution < 1.29 is 18.8 Å². The Bertz CT molecular complexity index is 865. The summed E-state index contributed by atoms with van der Waals surface area (Å²) in [7, 11) is 4.20. The van der Waals surface area contributed by atoms with Crippen LogP contribution >= 0.6 is 0 Å². The third kappa shape index (κ3) is 10.7. The molecule has 0 radical (unpaired) electrons. The average Bonchev–Trinajstić information content (AvgIpc) is 2.86. The van der Waals surface area contributed by atoms with Crippen LogP contribution in [0.1, 0.15) is 89.7 Å². The fraction of sp³-hybridized carbons (Fsp3) is 0.594. The fourth-order valence-corrected chi connectivity index (χ4v) is 4.93. The molecule has 0 bridgehead atoms. The number of benzene rings is 2. The molecule has 0 spiro atoms. The van der Waals surface area contributed by atoms with Crippen molar-refractivity contribution in [2.24, 2.45) is 0 Å². The Labute approximate surface area is 220 Å². The summed E-state index contributed by atoms with van der Waals surface area (Å²) in [5.41, 5.74) is 2.47. The number of rotatable bonds is 18. The first-order valence-electron chi connectivity index (χ1n) is 14.1. The van der Waals surface area contributed by atoms with Gasteiger partial charge in [0.25, 0.3) is 0 Å². The van der Waals surface area contributed by atoms with Gasteiger partial charge in [-0.1, -0.05) is 107 Å². The number of ether oxygens (including phenoxy) is 2. The van der Waals surface area contributed by atoms with E-state index >= 15 is 0 Å². The minimum Gasteiger partial charge on any atom is -0.487 e. The zero-order valence-electron chi connectivity index (χ0n) is 23.5. The highest BCUT2D eigenvalue weighted by molar-refractivity contribution is 5.74. The van der Waals surface area contributed by atoms with Gasteiger partial charge < -0.3 is 14.0 Å². The molecule has 2 rings (SSSR count). The standard InChI is InChI=1S/C32H50NO3/c1-6-8-9-10-11-12-13-17-22-29-23-18-19-24-31(29)36-27(3)26-35-32(34)30(7-2)33(4,5)25-28-20-15-14-16-21-28/h14-16,18-21,23-24,27,30H,6-13,17,22,25-26H2,1-5H3/q+1. The number of hydrogen-bond acceptors (Lipinski definition) is 3. The van der Waals surface area contributed by atoms with Crippen molar-refractivity contribution in [2.45, 2.75) is 104 Å². The van der Waals surface area contributed by atoms with Gasteiger partial charge in [-0.3, -0.25) is 0 Å². The monoisotopic (exact) mass is 496 g/mol. The predicted octanol–water partition coefficient (Wildman–Crippen LogP) is 7.74. The zero-order chi connectivity index (χ0) is 26.2. The minimum atomic E-state index is -0.216. The summed E-state index contributed by atoms with van der Waals surface area (Å²) in [5, 5.41) is 0. The Kier molecular flexibility index (Phi) is 13.6. The zero-order valence-corrected chi connectivity index (χ0v) is 23.5. The lowest BCUT2D eigenvalue weighted by Crippen LogP contribution is -2.52. The van der Waals surface area contributed by atoms with Crippen LogP contribution in [-0.4, -0.2) is 43.3 Å². The van der Waals surface area contributed by atoms with Crippen molar-refractivity contribution in [3.8, 4) is 5.75 Å². The number of carbonyl (C=O) groups is 1. The van der Waals surface area contributed by atoms with Crippen molar-refractivity contribution in [3.05, 3.63) is 65.7 Å². The molecule has 0 N–H and O–H groups in total. The molecular weight excluding hydrogens is 446 g/mol. The van der Waals surface area contributed by atoms with E-state index in [1.807, 2.05) is 37.3 Å². The van der Waals surface area contributed by atoms with E-state index in [9.17, 15) is 4.79 Å². The van der Waals surface area contributed by atoms with E-state index in [2.05, 4.69) is 52.2 Å². The molecule has 2 unspecified atom stereocenters. The lowest BCUT2D eigenvalue weighted by Gasteiger charge is -2.36. The van der Waals surface area contributed by atoms with E-state index in [0.717, 1.165) is 25.1 Å². The predicted molar refractivity (Wildman–Crippen MR) is 150 cm³/mol. The molecule has 0 aliphatic carbocycles. The number of carbonyl (C=O) groups excluding carboxylic acids is 1. The first-order chi connectivity index (χ1) is 17.4. The molecule has 200 valence electrons. The number of para-hydroxylation sites is 1. The van der Waals surface area contributed by atoms with Crippen molar-refractivity contribution in [3.63, 3.8) is 0 Å². The largest absolute Gasteiger partial charge is 0.487 e. The molecule has 0 heterocycles. The lowest BCUT2D eigenvalue weighted by atomic mass is 10.0. The van der Waals surface area contributed by atoms with Crippen LogP contribution < -0.4 is 4.74 Å². The van der Waals surface area contributed by atoms with E-state index in [0.29, 0.717) is 4.48 Å². The van der Waals surface area contributed by atoms with Crippen molar-refractivity contribution in [1.82, 2.24) is 0 Å². The van der Waals surface area contributed by atoms with Crippen LogP contribution in [0.5, 0.6) is 5.75 Å². The van der Waals surface area contributed by atoms with Gasteiger partial charge >= 0.3 is 5.97 Å².